The van der Waals surface area contributed by atoms with E-state index >= 15 is 0 Å². The summed E-state index contributed by atoms with van der Waals surface area (Å²) in [6, 6.07) is 15.9. The lowest BCUT2D eigenvalue weighted by molar-refractivity contribution is -0.130. The summed E-state index contributed by atoms with van der Waals surface area (Å²) in [6.45, 7) is 7.03. The smallest absolute Gasteiger partial charge is 0.409 e. The van der Waals surface area contributed by atoms with Crippen molar-refractivity contribution in [3.8, 4) is 0 Å². The van der Waals surface area contributed by atoms with Crippen LogP contribution in [0.5, 0.6) is 0 Å². The summed E-state index contributed by atoms with van der Waals surface area (Å²) in [5, 5.41) is 23.7. The first-order valence-corrected chi connectivity index (χ1v) is 11.6. The number of carbonyl (C=O) groups is 3. The van der Waals surface area contributed by atoms with Gasteiger partial charge >= 0.3 is 12.2 Å². The van der Waals surface area contributed by atoms with Gasteiger partial charge in [-0.05, 0) is 38.8 Å². The van der Waals surface area contributed by atoms with Crippen molar-refractivity contribution >= 4 is 18.1 Å². The zero-order valence-corrected chi connectivity index (χ0v) is 20.4. The third-order valence-corrected chi connectivity index (χ3v) is 5.88. The predicted molar refractivity (Wildman–Crippen MR) is 129 cm³/mol. The summed E-state index contributed by atoms with van der Waals surface area (Å²) >= 11 is 0. The van der Waals surface area contributed by atoms with Crippen LogP contribution in [0.25, 0.3) is 0 Å². The number of hydrogen-bond donors (Lipinski definition) is 3. The van der Waals surface area contributed by atoms with Gasteiger partial charge in [0.15, 0.2) is 0 Å². The fourth-order valence-electron chi connectivity index (χ4n) is 4.25. The fraction of sp³-hybridized carbons (Fsp3) is 0.423. The molecule has 9 nitrogen and oxygen atoms in total. The van der Waals surface area contributed by atoms with E-state index in [0.29, 0.717) is 5.56 Å². The van der Waals surface area contributed by atoms with Gasteiger partial charge in [0.25, 0.3) is 0 Å². The molecule has 1 fully saturated rings. The Balaban J connectivity index is 1.88. The van der Waals surface area contributed by atoms with E-state index in [4.69, 9.17) is 4.74 Å². The molecule has 2 aromatic carbocycles. The average molecular weight is 484 g/mol. The Morgan fingerprint density at radius 1 is 1.06 bits per heavy atom. The largest absolute Gasteiger partial charge is 0.465 e. The molecule has 0 saturated carbocycles. The van der Waals surface area contributed by atoms with Crippen LogP contribution in [0.1, 0.15) is 51.3 Å². The van der Waals surface area contributed by atoms with Gasteiger partial charge in [-0.15, -0.1) is 0 Å². The maximum atomic E-state index is 13.4. The van der Waals surface area contributed by atoms with Crippen molar-refractivity contribution in [3.63, 3.8) is 0 Å². The minimum atomic E-state index is -1.25. The number of rotatable bonds is 7. The second kappa shape index (κ2) is 10.8. The first-order valence-electron chi connectivity index (χ1n) is 11.6. The van der Waals surface area contributed by atoms with Gasteiger partial charge < -0.3 is 25.2 Å². The molecule has 0 aromatic heterocycles. The quantitative estimate of drug-likeness (QED) is 0.552. The highest BCUT2D eigenvalue weighted by Gasteiger charge is 2.48. The maximum Gasteiger partial charge on any atom is 0.409 e. The van der Waals surface area contributed by atoms with Crippen molar-refractivity contribution in [3.05, 3.63) is 71.8 Å². The Bertz CT molecular complexity index is 1020. The number of nitrogens with zero attached hydrogens (tertiary/aromatic N) is 2. The van der Waals surface area contributed by atoms with Gasteiger partial charge in [0.05, 0.1) is 12.1 Å². The van der Waals surface area contributed by atoms with Crippen LogP contribution in [0.4, 0.5) is 9.59 Å². The number of carbonyl (C=O) groups excluding carboxylic acids is 2. The standard InChI is InChI=1S/C26H33N3O6/c1-17-28(16-18-11-7-5-8-12-18)23(31)21(29(17)25(33)34)15-20(27-24(32)35-26(2,3)4)22(30)19-13-9-6-10-14-19/h5-14,17,20-22,30H,15-16H2,1-4H3,(H,27,32)(H,33,34)/t17?,20-,21?,22?/m0/s1. The Hall–Kier alpha value is -3.59. The van der Waals surface area contributed by atoms with Crippen molar-refractivity contribution in [1.82, 2.24) is 15.1 Å². The zero-order valence-electron chi connectivity index (χ0n) is 20.4. The van der Waals surface area contributed by atoms with Crippen molar-refractivity contribution < 1.29 is 29.3 Å². The number of aliphatic hydroxyl groups is 1. The summed E-state index contributed by atoms with van der Waals surface area (Å²) in [5.74, 6) is -0.389. The van der Waals surface area contributed by atoms with Crippen LogP contribution in [0, 0.1) is 0 Å². The molecule has 9 heteroatoms. The average Bonchev–Trinajstić information content (AvgIpc) is 3.02. The normalized spacial score (nSPS) is 19.9. The number of ether oxygens (including phenoxy) is 1. The molecule has 3 rings (SSSR count). The second-order valence-corrected chi connectivity index (χ2v) is 9.63. The number of nitrogens with one attached hydrogen (secondary N) is 1. The van der Waals surface area contributed by atoms with E-state index in [1.165, 1.54) is 4.90 Å². The molecular formula is C26H33N3O6. The molecule has 3 amide bonds. The van der Waals surface area contributed by atoms with E-state index < -0.39 is 42.1 Å². The van der Waals surface area contributed by atoms with E-state index in [1.807, 2.05) is 30.3 Å². The molecule has 35 heavy (non-hydrogen) atoms. The van der Waals surface area contributed by atoms with Crippen molar-refractivity contribution in [1.29, 1.82) is 0 Å². The number of aliphatic hydroxyl groups excluding tert-OH is 1. The molecular weight excluding hydrogens is 450 g/mol. The van der Waals surface area contributed by atoms with Crippen LogP contribution < -0.4 is 5.32 Å². The lowest BCUT2D eigenvalue weighted by atomic mass is 9.95. The second-order valence-electron chi connectivity index (χ2n) is 9.63. The molecule has 1 heterocycles. The van der Waals surface area contributed by atoms with Gasteiger partial charge in [-0.2, -0.15) is 0 Å². The predicted octanol–water partition coefficient (Wildman–Crippen LogP) is 3.74. The molecule has 0 aliphatic carbocycles. The highest BCUT2D eigenvalue weighted by Crippen LogP contribution is 2.30. The topological polar surface area (TPSA) is 119 Å². The SMILES string of the molecule is CC1N(Cc2ccccc2)C(=O)C(C[C@H](NC(=O)OC(C)(C)C)C(O)c2ccccc2)N1C(=O)O. The fourth-order valence-corrected chi connectivity index (χ4v) is 4.25. The van der Waals surface area contributed by atoms with E-state index in [2.05, 4.69) is 5.32 Å². The maximum absolute atomic E-state index is 13.4. The Labute approximate surface area is 205 Å². The van der Waals surface area contributed by atoms with Crippen LogP contribution in [-0.4, -0.2) is 62.0 Å². The first kappa shape index (κ1) is 26.0. The van der Waals surface area contributed by atoms with Crippen LogP contribution >= 0.6 is 0 Å². The van der Waals surface area contributed by atoms with E-state index in [0.717, 1.165) is 10.5 Å². The summed E-state index contributed by atoms with van der Waals surface area (Å²) < 4.78 is 5.35. The summed E-state index contributed by atoms with van der Waals surface area (Å²) in [5.41, 5.74) is 0.616. The van der Waals surface area contributed by atoms with E-state index in [1.54, 1.807) is 58.0 Å². The molecule has 4 atom stereocenters. The summed E-state index contributed by atoms with van der Waals surface area (Å²) in [4.78, 5) is 40.8. The van der Waals surface area contributed by atoms with Gasteiger partial charge in [-0.3, -0.25) is 9.69 Å². The summed E-state index contributed by atoms with van der Waals surface area (Å²) in [6.07, 6.45) is -4.06. The number of alkyl carbamates (subject to hydrolysis) is 1. The van der Waals surface area contributed by atoms with Crippen LogP contribution in [0.15, 0.2) is 60.7 Å². The highest BCUT2D eigenvalue weighted by atomic mass is 16.6. The third kappa shape index (κ3) is 6.51. The first-order chi connectivity index (χ1) is 16.5. The van der Waals surface area contributed by atoms with Gasteiger partial charge in [0.2, 0.25) is 5.91 Å². The zero-order chi connectivity index (χ0) is 25.8. The highest BCUT2D eigenvalue weighted by molar-refractivity contribution is 5.89. The number of amides is 3. The Morgan fingerprint density at radius 3 is 2.17 bits per heavy atom. The van der Waals surface area contributed by atoms with Crippen molar-refractivity contribution in [2.24, 2.45) is 0 Å². The third-order valence-electron chi connectivity index (χ3n) is 5.88. The molecule has 3 unspecified atom stereocenters. The molecule has 3 N–H and O–H groups in total. The molecule has 0 radical (unpaired) electrons. The molecule has 1 aliphatic heterocycles. The van der Waals surface area contributed by atoms with Crippen molar-refractivity contribution in [2.75, 3.05) is 0 Å². The van der Waals surface area contributed by atoms with Gasteiger partial charge in [-0.25, -0.2) is 9.59 Å². The minimum Gasteiger partial charge on any atom is -0.465 e. The van der Waals surface area contributed by atoms with Gasteiger partial charge in [0.1, 0.15) is 17.8 Å². The van der Waals surface area contributed by atoms with Crippen LogP contribution in [-0.2, 0) is 16.1 Å². The van der Waals surface area contributed by atoms with Gasteiger partial charge in [0, 0.05) is 13.0 Å². The number of hydrogen-bond acceptors (Lipinski definition) is 5. The lowest BCUT2D eigenvalue weighted by Crippen LogP contribution is -2.48. The molecule has 188 valence electrons. The van der Waals surface area contributed by atoms with E-state index in [9.17, 15) is 24.6 Å². The minimum absolute atomic E-state index is 0.129. The van der Waals surface area contributed by atoms with Gasteiger partial charge in [-0.1, -0.05) is 60.7 Å². The Morgan fingerprint density at radius 2 is 1.63 bits per heavy atom. The summed E-state index contributed by atoms with van der Waals surface area (Å²) in [7, 11) is 0. The molecule has 0 bridgehead atoms. The number of benzene rings is 2. The molecule has 1 aliphatic rings. The monoisotopic (exact) mass is 483 g/mol. The number of carboxylic acid groups (broad SMARTS) is 1. The van der Waals surface area contributed by atoms with Crippen LogP contribution in [0.2, 0.25) is 0 Å². The Kier molecular flexibility index (Phi) is 8.01. The molecule has 0 spiro atoms. The van der Waals surface area contributed by atoms with Crippen molar-refractivity contribution in [2.45, 2.75) is 70.6 Å². The van der Waals surface area contributed by atoms with E-state index in [-0.39, 0.29) is 18.9 Å². The van der Waals surface area contributed by atoms with Crippen LogP contribution in [0.3, 0.4) is 0 Å². The lowest BCUT2D eigenvalue weighted by Gasteiger charge is -2.30. The molecule has 2 aromatic rings. The molecule has 1 saturated heterocycles.